The van der Waals surface area contributed by atoms with Crippen LogP contribution in [0.2, 0.25) is 0 Å². The molecule has 0 bridgehead atoms. The Morgan fingerprint density at radius 2 is 1.10 bits per heavy atom. The van der Waals surface area contributed by atoms with E-state index < -0.39 is 0 Å². The molecule has 0 saturated carbocycles. The first-order valence-corrected chi connectivity index (χ1v) is 16.7. The molecular formula is C44H31N5. The van der Waals surface area contributed by atoms with Gasteiger partial charge in [0.2, 0.25) is 11.7 Å². The molecule has 0 aliphatic heterocycles. The second kappa shape index (κ2) is 10.3. The summed E-state index contributed by atoms with van der Waals surface area (Å²) >= 11 is 0. The first-order valence-electron chi connectivity index (χ1n) is 16.7. The van der Waals surface area contributed by atoms with Gasteiger partial charge in [-0.15, -0.1) is 0 Å². The Hall–Kier alpha value is -6.33. The molecule has 3 aromatic heterocycles. The van der Waals surface area contributed by atoms with Gasteiger partial charge in [0.15, 0.2) is 0 Å². The van der Waals surface area contributed by atoms with Crippen LogP contribution in [0.5, 0.6) is 0 Å². The Bertz CT molecular complexity index is 2680. The average Bonchev–Trinajstić information content (AvgIpc) is 3.77. The normalized spacial score (nSPS) is 13.3. The van der Waals surface area contributed by atoms with E-state index in [0.717, 1.165) is 50.4 Å². The highest BCUT2D eigenvalue weighted by Crippen LogP contribution is 2.52. The molecule has 5 nitrogen and oxygen atoms in total. The molecule has 0 atom stereocenters. The molecule has 6 aromatic carbocycles. The molecule has 0 unspecified atom stereocenters. The maximum Gasteiger partial charge on any atom is 0.238 e. The van der Waals surface area contributed by atoms with Crippen molar-refractivity contribution >= 4 is 27.8 Å². The minimum atomic E-state index is -0.125. The summed E-state index contributed by atoms with van der Waals surface area (Å²) in [6.45, 7) is 4.69. The quantitative estimate of drug-likeness (QED) is 0.195. The third-order valence-electron chi connectivity index (χ3n) is 10.1. The number of hydrogen-bond acceptors (Lipinski definition) is 3. The zero-order valence-corrected chi connectivity index (χ0v) is 27.2. The first-order chi connectivity index (χ1) is 24.1. The number of rotatable bonds is 4. The molecule has 49 heavy (non-hydrogen) atoms. The molecule has 0 fully saturated rings. The Morgan fingerprint density at radius 3 is 1.86 bits per heavy atom. The van der Waals surface area contributed by atoms with E-state index in [1.54, 1.807) is 0 Å². The van der Waals surface area contributed by atoms with Gasteiger partial charge in [0.1, 0.15) is 0 Å². The van der Waals surface area contributed by atoms with E-state index in [1.807, 2.05) is 42.5 Å². The van der Waals surface area contributed by atoms with Crippen molar-refractivity contribution in [2.24, 2.45) is 0 Å². The van der Waals surface area contributed by atoms with E-state index in [0.29, 0.717) is 5.95 Å². The Morgan fingerprint density at radius 1 is 0.469 bits per heavy atom. The van der Waals surface area contributed by atoms with Gasteiger partial charge in [-0.3, -0.25) is 4.40 Å². The Kier molecular flexibility index (Phi) is 5.85. The molecule has 0 radical (unpaired) electrons. The number of para-hydroxylation sites is 2. The molecule has 10 rings (SSSR count). The molecule has 0 N–H and O–H groups in total. The van der Waals surface area contributed by atoms with Crippen LogP contribution < -0.4 is 0 Å². The van der Waals surface area contributed by atoms with Crippen molar-refractivity contribution in [3.63, 3.8) is 0 Å². The van der Waals surface area contributed by atoms with Gasteiger partial charge < -0.3 is 0 Å². The van der Waals surface area contributed by atoms with Crippen LogP contribution in [0.15, 0.2) is 152 Å². The topological polar surface area (TPSA) is 48.0 Å². The van der Waals surface area contributed by atoms with Gasteiger partial charge in [-0.25, -0.2) is 19.5 Å². The lowest BCUT2D eigenvalue weighted by atomic mass is 9.79. The van der Waals surface area contributed by atoms with Crippen molar-refractivity contribution < 1.29 is 0 Å². The summed E-state index contributed by atoms with van der Waals surface area (Å²) in [4.78, 5) is 15.6. The molecule has 3 heterocycles. The summed E-state index contributed by atoms with van der Waals surface area (Å²) in [5.41, 5.74) is 15.5. The van der Waals surface area contributed by atoms with Gasteiger partial charge in [-0.05, 0) is 63.7 Å². The fourth-order valence-corrected chi connectivity index (χ4v) is 7.90. The van der Waals surface area contributed by atoms with Crippen LogP contribution in [0.25, 0.3) is 78.6 Å². The van der Waals surface area contributed by atoms with Crippen LogP contribution in [0.1, 0.15) is 25.0 Å². The number of hydrogen-bond donors (Lipinski definition) is 0. The lowest BCUT2D eigenvalue weighted by Crippen LogP contribution is -2.16. The predicted octanol–water partition coefficient (Wildman–Crippen LogP) is 10.5. The molecule has 0 amide bonds. The molecular weight excluding hydrogens is 599 g/mol. The minimum absolute atomic E-state index is 0.125. The van der Waals surface area contributed by atoms with E-state index in [9.17, 15) is 0 Å². The number of aromatic nitrogens is 5. The predicted molar refractivity (Wildman–Crippen MR) is 199 cm³/mol. The van der Waals surface area contributed by atoms with Crippen LogP contribution in [0, 0.1) is 0 Å². The number of imidazole rings is 2. The smallest absolute Gasteiger partial charge is 0.238 e. The van der Waals surface area contributed by atoms with E-state index in [-0.39, 0.29) is 5.41 Å². The molecule has 0 saturated heterocycles. The van der Waals surface area contributed by atoms with Gasteiger partial charge in [-0.1, -0.05) is 135 Å². The SMILES string of the molecule is CC1(C)c2ccccc2-c2cccc(-c3ccc4c(c3)n3c5ccccc5nc3n4-c3nc(-c4ccccc4)cc(-c4ccccc4)n3)c21. The summed E-state index contributed by atoms with van der Waals surface area (Å²) in [7, 11) is 0. The average molecular weight is 630 g/mol. The summed E-state index contributed by atoms with van der Waals surface area (Å²) in [5, 5.41) is 0. The highest BCUT2D eigenvalue weighted by Gasteiger charge is 2.37. The Labute approximate surface area is 283 Å². The lowest BCUT2D eigenvalue weighted by molar-refractivity contribution is 0.662. The minimum Gasteiger partial charge on any atom is -0.276 e. The van der Waals surface area contributed by atoms with Crippen LogP contribution >= 0.6 is 0 Å². The second-order valence-electron chi connectivity index (χ2n) is 13.3. The van der Waals surface area contributed by atoms with Crippen molar-refractivity contribution in [3.05, 3.63) is 163 Å². The summed E-state index contributed by atoms with van der Waals surface area (Å²) in [5.74, 6) is 1.36. The van der Waals surface area contributed by atoms with Gasteiger partial charge in [0.05, 0.1) is 33.5 Å². The fourth-order valence-electron chi connectivity index (χ4n) is 7.90. The second-order valence-corrected chi connectivity index (χ2v) is 13.3. The van der Waals surface area contributed by atoms with E-state index in [2.05, 4.69) is 132 Å². The van der Waals surface area contributed by atoms with Crippen molar-refractivity contribution in [3.8, 4) is 50.7 Å². The molecule has 232 valence electrons. The number of fused-ring (bicyclic) bond motifs is 8. The lowest BCUT2D eigenvalue weighted by Gasteiger charge is -2.24. The van der Waals surface area contributed by atoms with Crippen molar-refractivity contribution in [2.75, 3.05) is 0 Å². The molecule has 0 spiro atoms. The maximum atomic E-state index is 5.21. The first kappa shape index (κ1) is 27.8. The maximum absolute atomic E-state index is 5.21. The summed E-state index contributed by atoms with van der Waals surface area (Å²) in [6.07, 6.45) is 0. The monoisotopic (exact) mass is 629 g/mol. The van der Waals surface area contributed by atoms with Crippen LogP contribution in [0.3, 0.4) is 0 Å². The van der Waals surface area contributed by atoms with Crippen molar-refractivity contribution in [1.82, 2.24) is 23.9 Å². The van der Waals surface area contributed by atoms with Crippen LogP contribution in [-0.4, -0.2) is 23.9 Å². The van der Waals surface area contributed by atoms with E-state index in [1.165, 1.54) is 33.4 Å². The molecule has 5 heteroatoms. The highest BCUT2D eigenvalue weighted by molar-refractivity contribution is 5.96. The van der Waals surface area contributed by atoms with Gasteiger partial charge in [-0.2, -0.15) is 0 Å². The van der Waals surface area contributed by atoms with Gasteiger partial charge in [0, 0.05) is 16.5 Å². The molecule has 9 aromatic rings. The third kappa shape index (κ3) is 4.09. The van der Waals surface area contributed by atoms with Crippen molar-refractivity contribution in [1.29, 1.82) is 0 Å². The highest BCUT2D eigenvalue weighted by atomic mass is 15.3. The Balaban J connectivity index is 1.26. The van der Waals surface area contributed by atoms with E-state index in [4.69, 9.17) is 15.0 Å². The zero-order chi connectivity index (χ0) is 32.7. The fraction of sp³-hybridized carbons (Fsp3) is 0.0682. The van der Waals surface area contributed by atoms with E-state index >= 15 is 0 Å². The molecule has 1 aliphatic rings. The third-order valence-corrected chi connectivity index (χ3v) is 10.1. The number of benzene rings is 6. The summed E-state index contributed by atoms with van der Waals surface area (Å²) in [6, 6.07) is 53.4. The van der Waals surface area contributed by atoms with Crippen LogP contribution in [-0.2, 0) is 5.41 Å². The standard InChI is InChI=1S/C44H31N5/c1-44(2)34-21-10-9-18-32(34)33-20-13-19-31(41(33)44)30-24-25-39-40(26-30)48-38-23-12-11-22-35(38)47-43(48)49(39)42-45-36(28-14-5-3-6-15-28)27-37(46-42)29-16-7-4-8-17-29/h3-27H,1-2H3. The van der Waals surface area contributed by atoms with Gasteiger partial charge >= 0.3 is 0 Å². The largest absolute Gasteiger partial charge is 0.276 e. The number of nitrogens with zero attached hydrogens (tertiary/aromatic N) is 5. The summed E-state index contributed by atoms with van der Waals surface area (Å²) < 4.78 is 4.38. The van der Waals surface area contributed by atoms with Crippen molar-refractivity contribution in [2.45, 2.75) is 19.3 Å². The zero-order valence-electron chi connectivity index (χ0n) is 27.2. The van der Waals surface area contributed by atoms with Gasteiger partial charge in [0.25, 0.3) is 0 Å². The molecule has 1 aliphatic carbocycles. The van der Waals surface area contributed by atoms with Crippen LogP contribution in [0.4, 0.5) is 0 Å².